The molecule has 1 atom stereocenters. The van der Waals surface area contributed by atoms with E-state index in [0.29, 0.717) is 11.8 Å². The largest absolute Gasteiger partial charge is 0.355 e. The summed E-state index contributed by atoms with van der Waals surface area (Å²) in [5.74, 6) is 2.01. The average molecular weight is 373 g/mol. The van der Waals surface area contributed by atoms with Crippen molar-refractivity contribution in [3.05, 3.63) is 22.2 Å². The summed E-state index contributed by atoms with van der Waals surface area (Å²) < 4.78 is 3.03. The van der Waals surface area contributed by atoms with Crippen molar-refractivity contribution in [2.24, 2.45) is 17.6 Å². The highest BCUT2D eigenvalue weighted by molar-refractivity contribution is 14.1. The lowest BCUT2D eigenvalue weighted by molar-refractivity contribution is 0.377. The summed E-state index contributed by atoms with van der Waals surface area (Å²) in [6.07, 6.45) is 6.61. The molecule has 0 amide bonds. The van der Waals surface area contributed by atoms with Gasteiger partial charge in [-0.05, 0) is 47.4 Å². The molecule has 0 aliphatic heterocycles. The molecule has 5 nitrogen and oxygen atoms in total. The summed E-state index contributed by atoms with van der Waals surface area (Å²) in [5, 5.41) is 3.37. The lowest BCUT2D eigenvalue weighted by atomic mass is 9.93. The molecule has 6 heteroatoms. The molecule has 3 N–H and O–H groups in total. The molecule has 0 fully saturated rings. The minimum absolute atomic E-state index is 0.551. The lowest BCUT2D eigenvalue weighted by Gasteiger charge is -2.19. The van der Waals surface area contributed by atoms with Crippen molar-refractivity contribution in [1.82, 2.24) is 14.4 Å². The number of rotatable bonds is 6. The summed E-state index contributed by atoms with van der Waals surface area (Å²) in [6, 6.07) is 0. The predicted molar refractivity (Wildman–Crippen MR) is 86.2 cm³/mol. The molecule has 2 aromatic rings. The minimum atomic E-state index is 0.551. The van der Waals surface area contributed by atoms with Gasteiger partial charge in [0.1, 0.15) is 0 Å². The number of hydrogen-bond donors (Lipinski definition) is 2. The quantitative estimate of drug-likeness (QED) is 0.763. The standard InChI is InChI=1S/C13H20IN5/c1-9(2)10(7-15)3-4-17-13-18-8-11(14)12-16-5-6-19(12)13/h5-6,8-10H,3-4,7,15H2,1-2H3,(H,17,18). The van der Waals surface area contributed by atoms with Crippen LogP contribution < -0.4 is 11.1 Å². The topological polar surface area (TPSA) is 68.2 Å². The fourth-order valence-corrected chi connectivity index (χ4v) is 2.65. The van der Waals surface area contributed by atoms with E-state index in [9.17, 15) is 0 Å². The zero-order valence-electron chi connectivity index (χ0n) is 11.3. The van der Waals surface area contributed by atoms with Gasteiger partial charge in [-0.2, -0.15) is 0 Å². The van der Waals surface area contributed by atoms with Gasteiger partial charge in [-0.3, -0.25) is 4.40 Å². The van der Waals surface area contributed by atoms with Gasteiger partial charge in [0.15, 0.2) is 5.65 Å². The van der Waals surface area contributed by atoms with Crippen LogP contribution in [0.3, 0.4) is 0 Å². The van der Waals surface area contributed by atoms with Gasteiger partial charge in [0, 0.05) is 25.1 Å². The highest BCUT2D eigenvalue weighted by atomic mass is 127. The van der Waals surface area contributed by atoms with Gasteiger partial charge in [-0.1, -0.05) is 13.8 Å². The third-order valence-corrected chi connectivity index (χ3v) is 4.19. The number of imidazole rings is 1. The van der Waals surface area contributed by atoms with Gasteiger partial charge in [-0.15, -0.1) is 0 Å². The van der Waals surface area contributed by atoms with Crippen LogP contribution in [0.25, 0.3) is 5.65 Å². The van der Waals surface area contributed by atoms with Gasteiger partial charge < -0.3 is 11.1 Å². The Balaban J connectivity index is 2.02. The smallest absolute Gasteiger partial charge is 0.208 e. The van der Waals surface area contributed by atoms with Crippen LogP contribution in [0.1, 0.15) is 20.3 Å². The van der Waals surface area contributed by atoms with Gasteiger partial charge in [-0.25, -0.2) is 9.97 Å². The van der Waals surface area contributed by atoms with E-state index in [1.54, 1.807) is 6.20 Å². The maximum Gasteiger partial charge on any atom is 0.208 e. The van der Waals surface area contributed by atoms with Crippen LogP contribution in [0, 0.1) is 15.4 Å². The number of nitrogens with zero attached hydrogens (tertiary/aromatic N) is 3. The van der Waals surface area contributed by atoms with Crippen LogP contribution in [0.5, 0.6) is 0 Å². The van der Waals surface area contributed by atoms with E-state index < -0.39 is 0 Å². The molecule has 2 heterocycles. The van der Waals surface area contributed by atoms with Crippen molar-refractivity contribution in [2.45, 2.75) is 20.3 Å². The van der Waals surface area contributed by atoms with E-state index in [4.69, 9.17) is 5.73 Å². The molecule has 0 radical (unpaired) electrons. The van der Waals surface area contributed by atoms with E-state index in [0.717, 1.165) is 34.7 Å². The van der Waals surface area contributed by atoms with E-state index in [-0.39, 0.29) is 0 Å². The van der Waals surface area contributed by atoms with E-state index >= 15 is 0 Å². The number of nitrogens with two attached hydrogens (primary N) is 1. The third-order valence-electron chi connectivity index (χ3n) is 3.43. The second kappa shape index (κ2) is 6.51. The molecule has 1 unspecified atom stereocenters. The highest BCUT2D eigenvalue weighted by Gasteiger charge is 2.11. The van der Waals surface area contributed by atoms with Gasteiger partial charge in [0.05, 0.1) is 3.57 Å². The van der Waals surface area contributed by atoms with Crippen molar-refractivity contribution in [3.63, 3.8) is 0 Å². The first-order valence-electron chi connectivity index (χ1n) is 6.55. The second-order valence-electron chi connectivity index (χ2n) is 5.01. The van der Waals surface area contributed by atoms with E-state index in [1.807, 2.05) is 16.8 Å². The van der Waals surface area contributed by atoms with E-state index in [1.165, 1.54) is 0 Å². The highest BCUT2D eigenvalue weighted by Crippen LogP contribution is 2.16. The SMILES string of the molecule is CC(C)C(CN)CCNc1ncc(I)c2nccn12. The van der Waals surface area contributed by atoms with Crippen LogP contribution in [-0.2, 0) is 0 Å². The summed E-state index contributed by atoms with van der Waals surface area (Å²) in [7, 11) is 0. The van der Waals surface area contributed by atoms with Gasteiger partial charge >= 0.3 is 0 Å². The summed E-state index contributed by atoms with van der Waals surface area (Å²) >= 11 is 2.24. The zero-order chi connectivity index (χ0) is 13.8. The molecule has 0 saturated heterocycles. The van der Waals surface area contributed by atoms with Crippen molar-refractivity contribution < 1.29 is 0 Å². The Hall–Kier alpha value is -0.890. The number of nitrogens with one attached hydrogen (secondary N) is 1. The molecule has 0 aromatic carbocycles. The molecule has 0 bridgehead atoms. The molecule has 2 rings (SSSR count). The molecule has 0 aliphatic rings. The van der Waals surface area contributed by atoms with Gasteiger partial charge in [0.2, 0.25) is 5.95 Å². The molecule has 19 heavy (non-hydrogen) atoms. The predicted octanol–water partition coefficient (Wildman–Crippen LogP) is 2.37. The fourth-order valence-electron chi connectivity index (χ4n) is 2.11. The minimum Gasteiger partial charge on any atom is -0.355 e. The number of anilines is 1. The Kier molecular flexibility index (Phi) is 4.98. The van der Waals surface area contributed by atoms with Crippen molar-refractivity contribution in [2.75, 3.05) is 18.4 Å². The van der Waals surface area contributed by atoms with Crippen LogP contribution in [0.2, 0.25) is 0 Å². The summed E-state index contributed by atoms with van der Waals surface area (Å²) in [6.45, 7) is 6.05. The molecule has 0 aliphatic carbocycles. The average Bonchev–Trinajstić information content (AvgIpc) is 2.87. The number of hydrogen-bond acceptors (Lipinski definition) is 4. The fraction of sp³-hybridized carbons (Fsp3) is 0.538. The van der Waals surface area contributed by atoms with Crippen molar-refractivity contribution >= 4 is 34.2 Å². The number of aromatic nitrogens is 3. The van der Waals surface area contributed by atoms with Crippen molar-refractivity contribution in [1.29, 1.82) is 0 Å². The molecule has 0 saturated carbocycles. The Bertz CT molecular complexity index is 537. The van der Waals surface area contributed by atoms with Crippen LogP contribution >= 0.6 is 22.6 Å². The second-order valence-corrected chi connectivity index (χ2v) is 6.17. The summed E-state index contributed by atoms with van der Waals surface area (Å²) in [4.78, 5) is 8.74. The Morgan fingerprint density at radius 3 is 2.89 bits per heavy atom. The Morgan fingerprint density at radius 1 is 1.42 bits per heavy atom. The molecule has 2 aromatic heterocycles. The first kappa shape index (κ1) is 14.5. The molecule has 104 valence electrons. The van der Waals surface area contributed by atoms with Crippen LogP contribution in [0.4, 0.5) is 5.95 Å². The Labute approximate surface area is 127 Å². The number of fused-ring (bicyclic) bond motifs is 1. The third kappa shape index (κ3) is 3.36. The van der Waals surface area contributed by atoms with Gasteiger partial charge in [0.25, 0.3) is 0 Å². The van der Waals surface area contributed by atoms with Crippen LogP contribution in [-0.4, -0.2) is 27.5 Å². The van der Waals surface area contributed by atoms with E-state index in [2.05, 4.69) is 51.7 Å². The zero-order valence-corrected chi connectivity index (χ0v) is 13.5. The maximum atomic E-state index is 5.79. The lowest BCUT2D eigenvalue weighted by Crippen LogP contribution is -2.23. The first-order chi connectivity index (χ1) is 9.13. The normalized spacial score (nSPS) is 13.1. The number of halogens is 1. The molecular formula is C13H20IN5. The maximum absolute atomic E-state index is 5.79. The summed E-state index contributed by atoms with van der Waals surface area (Å²) in [5.41, 5.74) is 6.73. The monoisotopic (exact) mass is 373 g/mol. The van der Waals surface area contributed by atoms with Crippen LogP contribution in [0.15, 0.2) is 18.6 Å². The Morgan fingerprint density at radius 2 is 2.21 bits per heavy atom. The molecular weight excluding hydrogens is 353 g/mol. The molecule has 0 spiro atoms. The first-order valence-corrected chi connectivity index (χ1v) is 7.63. The van der Waals surface area contributed by atoms with Crippen molar-refractivity contribution in [3.8, 4) is 0 Å².